The first-order valence-electron chi connectivity index (χ1n) is 14.5. The summed E-state index contributed by atoms with van der Waals surface area (Å²) in [5.41, 5.74) is 8.91. The van der Waals surface area contributed by atoms with Crippen LogP contribution in [-0.4, -0.2) is 38.7 Å². The lowest BCUT2D eigenvalue weighted by molar-refractivity contribution is -0.106. The third-order valence-corrected chi connectivity index (χ3v) is 8.22. The Morgan fingerprint density at radius 2 is 1.67 bits per heavy atom. The molecule has 1 aliphatic heterocycles. The van der Waals surface area contributed by atoms with Crippen molar-refractivity contribution in [2.75, 3.05) is 41.4 Å². The van der Waals surface area contributed by atoms with Crippen molar-refractivity contribution in [2.24, 2.45) is 0 Å². The van der Waals surface area contributed by atoms with Crippen molar-refractivity contribution in [3.63, 3.8) is 0 Å². The zero-order valence-electron chi connectivity index (χ0n) is 25.5. The molecule has 43 heavy (non-hydrogen) atoms. The van der Waals surface area contributed by atoms with Crippen LogP contribution in [0.1, 0.15) is 37.5 Å². The summed E-state index contributed by atoms with van der Waals surface area (Å²) >= 11 is 0. The molecule has 0 N–H and O–H groups in total. The fourth-order valence-corrected chi connectivity index (χ4v) is 6.06. The molecule has 0 bridgehead atoms. The van der Waals surface area contributed by atoms with Crippen molar-refractivity contribution in [3.05, 3.63) is 114 Å². The van der Waals surface area contributed by atoms with E-state index in [1.54, 1.807) is 12.0 Å². The number of allylic oxidation sites excluding steroid dienone is 1. The molecule has 1 saturated heterocycles. The Bertz CT molecular complexity index is 1670. The normalized spacial score (nSPS) is 14.7. The summed E-state index contributed by atoms with van der Waals surface area (Å²) in [6.07, 6.45) is 2.75. The van der Waals surface area contributed by atoms with Gasteiger partial charge in [-0.15, -0.1) is 0 Å². The lowest BCUT2D eigenvalue weighted by Gasteiger charge is -2.49. The lowest BCUT2D eigenvalue weighted by Crippen LogP contribution is -2.59. The molecule has 0 atom stereocenters. The molecule has 218 valence electrons. The number of methoxy groups -OCH3 is 1. The summed E-state index contributed by atoms with van der Waals surface area (Å²) in [6, 6.07) is 32.4. The van der Waals surface area contributed by atoms with Crippen molar-refractivity contribution >= 4 is 29.0 Å². The minimum atomic E-state index is -0.0852. The third kappa shape index (κ3) is 6.27. The number of carbonyl (C=O) groups excluding carboxylic acids is 1. The van der Waals surface area contributed by atoms with Crippen LogP contribution in [0.4, 0.5) is 17.1 Å². The number of nitrogens with zero attached hydrogens (tertiary/aromatic N) is 4. The fourth-order valence-electron chi connectivity index (χ4n) is 6.06. The van der Waals surface area contributed by atoms with Crippen molar-refractivity contribution in [2.45, 2.75) is 33.2 Å². The Morgan fingerprint density at radius 3 is 2.33 bits per heavy atom. The zero-order valence-corrected chi connectivity index (χ0v) is 25.5. The number of ether oxygens (including phenoxy) is 1. The Balaban J connectivity index is 1.35. The molecule has 4 aromatic rings. The number of aryl methyl sites for hydroxylation is 1. The zero-order chi connectivity index (χ0) is 30.6. The average Bonchev–Trinajstić information content (AvgIpc) is 3.03. The molecule has 0 aliphatic carbocycles. The van der Waals surface area contributed by atoms with Gasteiger partial charge in [0, 0.05) is 49.0 Å². The number of nitriles is 1. The number of piperazine rings is 1. The fraction of sp³-hybridized carbons (Fsp3) is 0.243. The van der Waals surface area contributed by atoms with Gasteiger partial charge >= 0.3 is 0 Å². The highest BCUT2D eigenvalue weighted by atomic mass is 16.5. The van der Waals surface area contributed by atoms with E-state index in [0.717, 1.165) is 71.0 Å². The molecule has 1 amide bonds. The third-order valence-electron chi connectivity index (χ3n) is 8.22. The van der Waals surface area contributed by atoms with Crippen molar-refractivity contribution in [1.29, 1.82) is 5.26 Å². The number of amides is 1. The van der Waals surface area contributed by atoms with Crippen molar-refractivity contribution in [3.8, 4) is 22.9 Å². The van der Waals surface area contributed by atoms with Gasteiger partial charge in [0.1, 0.15) is 5.75 Å². The van der Waals surface area contributed by atoms with Gasteiger partial charge in [-0.1, -0.05) is 36.4 Å². The maximum atomic E-state index is 12.3. The van der Waals surface area contributed by atoms with Crippen LogP contribution in [0.3, 0.4) is 0 Å². The van der Waals surface area contributed by atoms with E-state index in [4.69, 9.17) is 4.74 Å². The molecule has 1 fully saturated rings. The van der Waals surface area contributed by atoms with Crippen LogP contribution in [0.2, 0.25) is 0 Å². The molecule has 6 heteroatoms. The van der Waals surface area contributed by atoms with E-state index in [9.17, 15) is 10.1 Å². The van der Waals surface area contributed by atoms with Crippen LogP contribution < -0.4 is 19.4 Å². The van der Waals surface area contributed by atoms with Crippen LogP contribution >= 0.6 is 0 Å². The average molecular weight is 571 g/mol. The summed E-state index contributed by atoms with van der Waals surface area (Å²) in [6.45, 7) is 11.3. The summed E-state index contributed by atoms with van der Waals surface area (Å²) in [4.78, 5) is 18.8. The predicted molar refractivity (Wildman–Crippen MR) is 177 cm³/mol. The van der Waals surface area contributed by atoms with Crippen LogP contribution in [0, 0.1) is 18.3 Å². The quantitative estimate of drug-likeness (QED) is 0.204. The SMILES string of the molecule is COc1cccc(N2CCN(c3ccc(N(C=O)/C=C(/C)c4c(C)cccc4-c4ccc(C#N)cc4)cc3)CC2(C)C)c1. The first-order valence-corrected chi connectivity index (χ1v) is 14.5. The highest BCUT2D eigenvalue weighted by Crippen LogP contribution is 2.34. The van der Waals surface area contributed by atoms with E-state index in [1.165, 1.54) is 5.69 Å². The van der Waals surface area contributed by atoms with E-state index < -0.39 is 0 Å². The molecule has 0 saturated carbocycles. The highest BCUT2D eigenvalue weighted by molar-refractivity contribution is 5.87. The molecular weight excluding hydrogens is 532 g/mol. The van der Waals surface area contributed by atoms with Gasteiger partial charge < -0.3 is 14.5 Å². The van der Waals surface area contributed by atoms with E-state index in [1.807, 2.05) is 67.7 Å². The van der Waals surface area contributed by atoms with E-state index >= 15 is 0 Å². The summed E-state index contributed by atoms with van der Waals surface area (Å²) in [5.74, 6) is 0.864. The second-order valence-corrected chi connectivity index (χ2v) is 11.6. The highest BCUT2D eigenvalue weighted by Gasteiger charge is 2.34. The van der Waals surface area contributed by atoms with Crippen LogP contribution in [0.5, 0.6) is 5.75 Å². The Hall–Kier alpha value is -5.02. The number of carbonyl (C=O) groups is 1. The van der Waals surface area contributed by atoms with E-state index in [2.05, 4.69) is 73.0 Å². The van der Waals surface area contributed by atoms with Gasteiger partial charge in [-0.2, -0.15) is 5.26 Å². The number of anilines is 3. The molecule has 0 spiro atoms. The van der Waals surface area contributed by atoms with Gasteiger partial charge in [0.05, 0.1) is 24.3 Å². The predicted octanol–water partition coefficient (Wildman–Crippen LogP) is 7.67. The smallest absolute Gasteiger partial charge is 0.218 e. The van der Waals surface area contributed by atoms with Crippen LogP contribution in [0.15, 0.2) is 97.2 Å². The summed E-state index contributed by atoms with van der Waals surface area (Å²) in [5, 5.41) is 9.20. The van der Waals surface area contributed by atoms with Gasteiger partial charge in [-0.25, -0.2) is 0 Å². The van der Waals surface area contributed by atoms with Gasteiger partial charge in [-0.05, 0) is 104 Å². The number of hydrogen-bond donors (Lipinski definition) is 0. The number of hydrogen-bond acceptors (Lipinski definition) is 5. The van der Waals surface area contributed by atoms with Gasteiger partial charge in [0.15, 0.2) is 0 Å². The van der Waals surface area contributed by atoms with Gasteiger partial charge in [0.25, 0.3) is 0 Å². The Labute approximate surface area is 255 Å². The Kier molecular flexibility index (Phi) is 8.54. The van der Waals surface area contributed by atoms with E-state index in [0.29, 0.717) is 5.56 Å². The second-order valence-electron chi connectivity index (χ2n) is 11.6. The standard InChI is InChI=1S/C37H38N4O2/c1-27-8-6-11-35(30-14-12-29(23-38)13-15-30)36(27)28(2)24-40(26-42)32-18-16-31(17-19-32)39-20-21-41(37(3,4)25-39)33-9-7-10-34(22-33)43-5/h6-19,22,24,26H,20-21,25H2,1-5H3/b28-24-. The Morgan fingerprint density at radius 1 is 0.953 bits per heavy atom. The molecule has 0 aromatic heterocycles. The molecule has 1 aliphatic rings. The minimum Gasteiger partial charge on any atom is -0.497 e. The van der Waals surface area contributed by atoms with Crippen LogP contribution in [0.25, 0.3) is 16.7 Å². The molecule has 4 aromatic carbocycles. The van der Waals surface area contributed by atoms with Crippen LogP contribution in [-0.2, 0) is 4.79 Å². The monoisotopic (exact) mass is 570 g/mol. The minimum absolute atomic E-state index is 0.0852. The van der Waals surface area contributed by atoms with Crippen molar-refractivity contribution < 1.29 is 9.53 Å². The lowest BCUT2D eigenvalue weighted by atomic mass is 9.91. The molecule has 0 unspecified atom stereocenters. The van der Waals surface area contributed by atoms with Gasteiger partial charge in [-0.3, -0.25) is 9.69 Å². The number of rotatable bonds is 8. The first-order chi connectivity index (χ1) is 20.7. The van der Waals surface area contributed by atoms with Gasteiger partial charge in [0.2, 0.25) is 6.41 Å². The molecular formula is C37H38N4O2. The summed E-state index contributed by atoms with van der Waals surface area (Å²) in [7, 11) is 1.70. The molecule has 1 heterocycles. The maximum Gasteiger partial charge on any atom is 0.218 e. The number of benzene rings is 4. The topological polar surface area (TPSA) is 59.8 Å². The largest absolute Gasteiger partial charge is 0.497 e. The van der Waals surface area contributed by atoms with Crippen molar-refractivity contribution in [1.82, 2.24) is 0 Å². The maximum absolute atomic E-state index is 12.3. The molecule has 0 radical (unpaired) electrons. The van der Waals surface area contributed by atoms with E-state index in [-0.39, 0.29) is 5.54 Å². The summed E-state index contributed by atoms with van der Waals surface area (Å²) < 4.78 is 5.45. The molecule has 5 rings (SSSR count). The first kappa shape index (κ1) is 29.5. The molecule has 6 nitrogen and oxygen atoms in total. The second kappa shape index (κ2) is 12.5.